The molecule has 0 aliphatic carbocycles. The van der Waals surface area contributed by atoms with Crippen LogP contribution in [0.2, 0.25) is 0 Å². The molecule has 1 fully saturated rings. The fourth-order valence-electron chi connectivity index (χ4n) is 2.90. The third kappa shape index (κ3) is 5.31. The number of ether oxygens (including phenoxy) is 1. The maximum Gasteiger partial charge on any atom is 0.219 e. The van der Waals surface area contributed by atoms with E-state index < -0.39 is 6.10 Å². The van der Waals surface area contributed by atoms with Crippen LogP contribution in [0.4, 0.5) is 0 Å². The number of aliphatic hydroxyl groups is 1. The summed E-state index contributed by atoms with van der Waals surface area (Å²) in [4.78, 5) is 15.3. The first-order chi connectivity index (χ1) is 10.5. The SMILES string of the molecule is CC(=O)N1CCC(CN(C)CC(O)COc2ccccc2)C1. The number of nitrogens with zero attached hydrogens (tertiary/aromatic N) is 2. The molecule has 2 rings (SSSR count). The Morgan fingerprint density at radius 3 is 2.82 bits per heavy atom. The van der Waals surface area contributed by atoms with Gasteiger partial charge in [0.2, 0.25) is 5.91 Å². The van der Waals surface area contributed by atoms with Crippen LogP contribution in [0.25, 0.3) is 0 Å². The quantitative estimate of drug-likeness (QED) is 0.823. The Hall–Kier alpha value is -1.59. The van der Waals surface area contributed by atoms with Crippen LogP contribution in [0.3, 0.4) is 0 Å². The van der Waals surface area contributed by atoms with Crippen LogP contribution in [0.1, 0.15) is 13.3 Å². The Balaban J connectivity index is 1.66. The van der Waals surface area contributed by atoms with Crippen molar-refractivity contribution in [1.82, 2.24) is 9.80 Å². The van der Waals surface area contributed by atoms with Crippen molar-refractivity contribution in [2.75, 3.05) is 39.8 Å². The summed E-state index contributed by atoms with van der Waals surface area (Å²) in [6, 6.07) is 9.52. The van der Waals surface area contributed by atoms with Crippen molar-refractivity contribution in [3.63, 3.8) is 0 Å². The Labute approximate surface area is 132 Å². The van der Waals surface area contributed by atoms with E-state index in [0.29, 0.717) is 19.1 Å². The predicted octanol–water partition coefficient (Wildman–Crippen LogP) is 1.23. The van der Waals surface area contributed by atoms with Gasteiger partial charge in [-0.25, -0.2) is 0 Å². The summed E-state index contributed by atoms with van der Waals surface area (Å²) < 4.78 is 5.56. The maximum atomic E-state index is 11.3. The number of likely N-dealkylation sites (N-methyl/N-ethyl adjacent to an activating group) is 1. The van der Waals surface area contributed by atoms with Crippen LogP contribution >= 0.6 is 0 Å². The third-order valence-electron chi connectivity index (χ3n) is 4.01. The number of amides is 1. The zero-order valence-electron chi connectivity index (χ0n) is 13.4. The van der Waals surface area contributed by atoms with Gasteiger partial charge in [-0.2, -0.15) is 0 Å². The molecule has 1 aliphatic heterocycles. The molecule has 0 spiro atoms. The van der Waals surface area contributed by atoms with E-state index in [9.17, 15) is 9.90 Å². The third-order valence-corrected chi connectivity index (χ3v) is 4.01. The second kappa shape index (κ2) is 8.15. The van der Waals surface area contributed by atoms with E-state index in [2.05, 4.69) is 4.90 Å². The van der Waals surface area contributed by atoms with Crippen LogP contribution in [-0.4, -0.2) is 66.8 Å². The summed E-state index contributed by atoms with van der Waals surface area (Å²) in [5.41, 5.74) is 0. The zero-order valence-corrected chi connectivity index (χ0v) is 13.4. The molecule has 0 radical (unpaired) electrons. The molecular weight excluding hydrogens is 280 g/mol. The van der Waals surface area contributed by atoms with Gasteiger partial charge in [0.05, 0.1) is 0 Å². The van der Waals surface area contributed by atoms with Gasteiger partial charge in [-0.3, -0.25) is 4.79 Å². The number of aliphatic hydroxyl groups excluding tert-OH is 1. The summed E-state index contributed by atoms with van der Waals surface area (Å²) in [6.45, 7) is 5.06. The molecule has 2 unspecified atom stereocenters. The van der Waals surface area contributed by atoms with E-state index in [1.165, 1.54) is 0 Å². The molecule has 0 aromatic heterocycles. The molecule has 5 heteroatoms. The summed E-state index contributed by atoms with van der Waals surface area (Å²) in [6.07, 6.45) is 0.524. The molecule has 5 nitrogen and oxygen atoms in total. The highest BCUT2D eigenvalue weighted by Crippen LogP contribution is 2.17. The topological polar surface area (TPSA) is 53.0 Å². The van der Waals surface area contributed by atoms with Gasteiger partial charge < -0.3 is 19.6 Å². The number of carbonyl (C=O) groups is 1. The van der Waals surface area contributed by atoms with E-state index in [1.807, 2.05) is 42.3 Å². The molecular formula is C17H26N2O3. The number of likely N-dealkylation sites (tertiary alicyclic amines) is 1. The Bertz CT molecular complexity index is 466. The molecule has 1 saturated heterocycles. The molecule has 1 aliphatic rings. The monoisotopic (exact) mass is 306 g/mol. The van der Waals surface area contributed by atoms with Gasteiger partial charge in [0.15, 0.2) is 0 Å². The maximum absolute atomic E-state index is 11.3. The van der Waals surface area contributed by atoms with Crippen LogP contribution in [0.15, 0.2) is 30.3 Å². The van der Waals surface area contributed by atoms with Gasteiger partial charge in [0, 0.05) is 33.1 Å². The van der Waals surface area contributed by atoms with Crippen molar-refractivity contribution in [3.05, 3.63) is 30.3 Å². The normalized spacial score (nSPS) is 19.5. The van der Waals surface area contributed by atoms with Gasteiger partial charge in [0.1, 0.15) is 18.5 Å². The lowest BCUT2D eigenvalue weighted by Gasteiger charge is -2.23. The minimum Gasteiger partial charge on any atom is -0.491 e. The Morgan fingerprint density at radius 1 is 1.45 bits per heavy atom. The highest BCUT2D eigenvalue weighted by Gasteiger charge is 2.25. The lowest BCUT2D eigenvalue weighted by atomic mass is 10.1. The van der Waals surface area contributed by atoms with E-state index in [0.717, 1.165) is 31.8 Å². The first kappa shape index (κ1) is 16.8. The van der Waals surface area contributed by atoms with Crippen molar-refractivity contribution in [2.24, 2.45) is 5.92 Å². The lowest BCUT2D eigenvalue weighted by Crippen LogP contribution is -2.36. The molecule has 1 aromatic carbocycles. The molecule has 0 saturated carbocycles. The van der Waals surface area contributed by atoms with Crippen molar-refractivity contribution < 1.29 is 14.6 Å². The fraction of sp³-hybridized carbons (Fsp3) is 0.588. The molecule has 1 amide bonds. The van der Waals surface area contributed by atoms with Gasteiger partial charge in [-0.15, -0.1) is 0 Å². The smallest absolute Gasteiger partial charge is 0.219 e. The van der Waals surface area contributed by atoms with Gasteiger partial charge >= 0.3 is 0 Å². The minimum absolute atomic E-state index is 0.154. The van der Waals surface area contributed by atoms with Crippen LogP contribution in [-0.2, 0) is 4.79 Å². The molecule has 1 heterocycles. The zero-order chi connectivity index (χ0) is 15.9. The average Bonchev–Trinajstić information content (AvgIpc) is 2.95. The predicted molar refractivity (Wildman–Crippen MR) is 85.8 cm³/mol. The molecule has 1 N–H and O–H groups in total. The van der Waals surface area contributed by atoms with E-state index in [1.54, 1.807) is 6.92 Å². The van der Waals surface area contributed by atoms with Crippen molar-refractivity contribution >= 4 is 5.91 Å². The molecule has 0 bridgehead atoms. The number of carbonyl (C=O) groups excluding carboxylic acids is 1. The first-order valence-corrected chi connectivity index (χ1v) is 7.84. The Morgan fingerprint density at radius 2 is 2.18 bits per heavy atom. The summed E-state index contributed by atoms with van der Waals surface area (Å²) in [5.74, 6) is 1.43. The summed E-state index contributed by atoms with van der Waals surface area (Å²) in [5, 5.41) is 10.1. The second-order valence-electron chi connectivity index (χ2n) is 6.12. The number of benzene rings is 1. The van der Waals surface area contributed by atoms with E-state index >= 15 is 0 Å². The summed E-state index contributed by atoms with van der Waals surface area (Å²) >= 11 is 0. The highest BCUT2D eigenvalue weighted by molar-refractivity contribution is 5.73. The van der Waals surface area contributed by atoms with Crippen molar-refractivity contribution in [1.29, 1.82) is 0 Å². The summed E-state index contributed by atoms with van der Waals surface area (Å²) in [7, 11) is 2.00. The van der Waals surface area contributed by atoms with Crippen LogP contribution in [0.5, 0.6) is 5.75 Å². The average molecular weight is 306 g/mol. The first-order valence-electron chi connectivity index (χ1n) is 7.84. The lowest BCUT2D eigenvalue weighted by molar-refractivity contribution is -0.127. The van der Waals surface area contributed by atoms with Crippen LogP contribution < -0.4 is 4.74 Å². The van der Waals surface area contributed by atoms with Crippen molar-refractivity contribution in [2.45, 2.75) is 19.4 Å². The number of hydrogen-bond acceptors (Lipinski definition) is 4. The molecule has 1 aromatic rings. The second-order valence-corrected chi connectivity index (χ2v) is 6.12. The fourth-order valence-corrected chi connectivity index (χ4v) is 2.90. The van der Waals surface area contributed by atoms with Crippen LogP contribution in [0, 0.1) is 5.92 Å². The number of para-hydroxylation sites is 1. The molecule has 122 valence electrons. The highest BCUT2D eigenvalue weighted by atomic mass is 16.5. The molecule has 22 heavy (non-hydrogen) atoms. The van der Waals surface area contributed by atoms with E-state index in [-0.39, 0.29) is 5.91 Å². The Kier molecular flexibility index (Phi) is 6.21. The number of hydrogen-bond donors (Lipinski definition) is 1. The van der Waals surface area contributed by atoms with Crippen molar-refractivity contribution in [3.8, 4) is 5.75 Å². The minimum atomic E-state index is -0.518. The standard InChI is InChI=1S/C17H26N2O3/c1-14(20)19-9-8-15(11-19)10-18(2)12-16(21)13-22-17-6-4-3-5-7-17/h3-7,15-16,21H,8-13H2,1-2H3. The van der Waals surface area contributed by atoms with Gasteiger partial charge in [-0.1, -0.05) is 18.2 Å². The van der Waals surface area contributed by atoms with Gasteiger partial charge in [-0.05, 0) is 31.5 Å². The molecule has 2 atom stereocenters. The van der Waals surface area contributed by atoms with Gasteiger partial charge in [0.25, 0.3) is 0 Å². The van der Waals surface area contributed by atoms with E-state index in [4.69, 9.17) is 4.74 Å². The largest absolute Gasteiger partial charge is 0.491 e. The number of rotatable bonds is 7.